The van der Waals surface area contributed by atoms with Gasteiger partial charge in [0.1, 0.15) is 12.7 Å². The summed E-state index contributed by atoms with van der Waals surface area (Å²) >= 11 is 0. The van der Waals surface area contributed by atoms with Gasteiger partial charge in [-0.2, -0.15) is 5.10 Å². The van der Waals surface area contributed by atoms with Crippen LogP contribution in [0, 0.1) is 0 Å². The molecule has 1 atom stereocenters. The van der Waals surface area contributed by atoms with Crippen LogP contribution >= 0.6 is 0 Å². The Labute approximate surface area is 153 Å². The highest BCUT2D eigenvalue weighted by atomic mass is 16.2. The monoisotopic (exact) mass is 358 g/mol. The number of aromatic nitrogens is 3. The van der Waals surface area contributed by atoms with Crippen molar-refractivity contribution in [3.63, 3.8) is 0 Å². The van der Waals surface area contributed by atoms with E-state index in [2.05, 4.69) is 15.4 Å². The van der Waals surface area contributed by atoms with Crippen LogP contribution in [0.3, 0.4) is 0 Å². The van der Waals surface area contributed by atoms with Crippen molar-refractivity contribution in [2.75, 3.05) is 26.7 Å². The van der Waals surface area contributed by atoms with Gasteiger partial charge in [0.2, 0.25) is 5.91 Å². The summed E-state index contributed by atoms with van der Waals surface area (Å²) in [5.74, 6) is -0.0819. The number of likely N-dealkylation sites (N-methyl/N-ethyl adjacent to an activating group) is 1. The third-order valence-corrected chi connectivity index (χ3v) is 4.47. The predicted molar refractivity (Wildman–Crippen MR) is 98.9 cm³/mol. The molecule has 1 aromatic heterocycles. The van der Waals surface area contributed by atoms with E-state index in [9.17, 15) is 9.59 Å². The van der Waals surface area contributed by atoms with Crippen molar-refractivity contribution in [1.82, 2.24) is 29.9 Å². The van der Waals surface area contributed by atoms with Crippen LogP contribution in [0.1, 0.15) is 32.4 Å². The van der Waals surface area contributed by atoms with Crippen molar-refractivity contribution >= 4 is 11.9 Å². The third kappa shape index (κ3) is 4.59. The molecule has 0 bridgehead atoms. The normalized spacial score (nSPS) is 11.7. The first-order valence-electron chi connectivity index (χ1n) is 8.71. The summed E-state index contributed by atoms with van der Waals surface area (Å²) in [7, 11) is 1.72. The molecule has 0 saturated heterocycles. The summed E-state index contributed by atoms with van der Waals surface area (Å²) < 4.78 is 1.67. The van der Waals surface area contributed by atoms with E-state index in [0.717, 1.165) is 11.3 Å². The summed E-state index contributed by atoms with van der Waals surface area (Å²) in [6, 6.07) is 7.34. The second kappa shape index (κ2) is 8.98. The van der Waals surface area contributed by atoms with Gasteiger partial charge in [-0.3, -0.25) is 4.79 Å². The molecule has 140 valence electrons. The van der Waals surface area contributed by atoms with Gasteiger partial charge in [0, 0.05) is 20.1 Å². The van der Waals surface area contributed by atoms with Gasteiger partial charge in [-0.15, -0.1) is 0 Å². The van der Waals surface area contributed by atoms with Gasteiger partial charge in [-0.1, -0.05) is 12.1 Å². The van der Waals surface area contributed by atoms with Crippen LogP contribution in [-0.2, 0) is 4.79 Å². The lowest BCUT2D eigenvalue weighted by atomic mass is 10.1. The Hall–Kier alpha value is -2.90. The van der Waals surface area contributed by atoms with Gasteiger partial charge in [0.05, 0.1) is 18.3 Å². The van der Waals surface area contributed by atoms with Gasteiger partial charge >= 0.3 is 6.03 Å². The van der Waals surface area contributed by atoms with Gasteiger partial charge in [0.15, 0.2) is 0 Å². The fraction of sp³-hybridized carbons (Fsp3) is 0.444. The van der Waals surface area contributed by atoms with Crippen LogP contribution in [0.15, 0.2) is 36.9 Å². The van der Waals surface area contributed by atoms with Crippen LogP contribution in [0.5, 0.6) is 0 Å². The minimum Gasteiger partial charge on any atom is -0.342 e. The summed E-state index contributed by atoms with van der Waals surface area (Å²) in [6.07, 6.45) is 3.11. The molecule has 0 aliphatic heterocycles. The zero-order valence-corrected chi connectivity index (χ0v) is 15.7. The number of amides is 3. The van der Waals surface area contributed by atoms with Crippen molar-refractivity contribution in [1.29, 1.82) is 0 Å². The molecule has 1 heterocycles. The maximum atomic E-state index is 12.3. The predicted octanol–water partition coefficient (Wildman–Crippen LogP) is 1.84. The Morgan fingerprint density at radius 3 is 2.38 bits per heavy atom. The molecule has 26 heavy (non-hydrogen) atoms. The summed E-state index contributed by atoms with van der Waals surface area (Å²) in [5.41, 5.74) is 1.89. The zero-order valence-electron chi connectivity index (χ0n) is 15.7. The molecule has 0 spiro atoms. The molecule has 1 aromatic carbocycles. The maximum absolute atomic E-state index is 12.3. The molecule has 3 amide bonds. The van der Waals surface area contributed by atoms with Crippen molar-refractivity contribution < 1.29 is 9.59 Å². The van der Waals surface area contributed by atoms with E-state index in [4.69, 9.17) is 0 Å². The molecular formula is C18H26N6O2. The van der Waals surface area contributed by atoms with Crippen LogP contribution in [-0.4, -0.2) is 63.2 Å². The van der Waals surface area contributed by atoms with Crippen molar-refractivity contribution in [3.05, 3.63) is 42.5 Å². The third-order valence-electron chi connectivity index (χ3n) is 4.47. The van der Waals surface area contributed by atoms with Crippen LogP contribution in [0.25, 0.3) is 5.69 Å². The number of hydrogen-bond donors (Lipinski definition) is 1. The lowest BCUT2D eigenvalue weighted by molar-refractivity contribution is -0.129. The number of benzene rings is 1. The van der Waals surface area contributed by atoms with Crippen molar-refractivity contribution in [2.24, 2.45) is 0 Å². The van der Waals surface area contributed by atoms with E-state index in [0.29, 0.717) is 13.1 Å². The number of hydrogen-bond acceptors (Lipinski definition) is 4. The van der Waals surface area contributed by atoms with Crippen LogP contribution in [0.2, 0.25) is 0 Å². The fourth-order valence-corrected chi connectivity index (χ4v) is 2.61. The second-order valence-corrected chi connectivity index (χ2v) is 5.94. The lowest BCUT2D eigenvalue weighted by Crippen LogP contribution is -2.44. The second-order valence-electron chi connectivity index (χ2n) is 5.94. The minimum atomic E-state index is -0.279. The Morgan fingerprint density at radius 1 is 1.19 bits per heavy atom. The topological polar surface area (TPSA) is 83.4 Å². The average Bonchev–Trinajstić information content (AvgIpc) is 3.20. The van der Waals surface area contributed by atoms with Crippen molar-refractivity contribution in [2.45, 2.75) is 26.8 Å². The molecule has 0 fully saturated rings. The molecule has 2 rings (SSSR count). The van der Waals surface area contributed by atoms with Crippen LogP contribution in [0.4, 0.5) is 4.79 Å². The van der Waals surface area contributed by atoms with Crippen molar-refractivity contribution in [3.8, 4) is 5.69 Å². The molecule has 2 aromatic rings. The van der Waals surface area contributed by atoms with Gasteiger partial charge in [-0.25, -0.2) is 14.5 Å². The minimum absolute atomic E-state index is 0.00279. The first-order chi connectivity index (χ1) is 12.5. The molecule has 0 aliphatic rings. The number of carbonyl (C=O) groups excluding carboxylic acids is 2. The first kappa shape index (κ1) is 19.4. The molecule has 0 saturated carbocycles. The number of urea groups is 1. The molecule has 1 unspecified atom stereocenters. The van der Waals surface area contributed by atoms with E-state index in [1.54, 1.807) is 27.9 Å². The Morgan fingerprint density at radius 2 is 1.85 bits per heavy atom. The average molecular weight is 358 g/mol. The first-order valence-corrected chi connectivity index (χ1v) is 8.71. The summed E-state index contributed by atoms with van der Waals surface area (Å²) in [4.78, 5) is 31.5. The smallest absolute Gasteiger partial charge is 0.318 e. The highest BCUT2D eigenvalue weighted by molar-refractivity contribution is 5.84. The Bertz CT molecular complexity index is 710. The van der Waals surface area contributed by atoms with E-state index in [1.807, 2.05) is 45.0 Å². The standard InChI is InChI=1S/C18H26N6O2/c1-5-23(6-2)17(25)11-20-18(26)22(4)14(3)15-7-9-16(10-8-15)24-13-19-12-21-24/h7-10,12-14H,5-6,11H2,1-4H3,(H,20,26). The molecule has 1 N–H and O–H groups in total. The number of carbonyl (C=O) groups is 2. The SMILES string of the molecule is CCN(CC)C(=O)CNC(=O)N(C)C(C)c1ccc(-n2cncn2)cc1. The van der Waals surface area contributed by atoms with Gasteiger partial charge in [-0.05, 0) is 38.5 Å². The molecular weight excluding hydrogens is 332 g/mol. The highest BCUT2D eigenvalue weighted by Crippen LogP contribution is 2.20. The lowest BCUT2D eigenvalue weighted by Gasteiger charge is -2.26. The van der Waals surface area contributed by atoms with E-state index < -0.39 is 0 Å². The van der Waals surface area contributed by atoms with Crippen LogP contribution < -0.4 is 5.32 Å². The zero-order chi connectivity index (χ0) is 19.1. The number of nitrogens with one attached hydrogen (secondary N) is 1. The molecule has 0 radical (unpaired) electrons. The largest absolute Gasteiger partial charge is 0.342 e. The highest BCUT2D eigenvalue weighted by Gasteiger charge is 2.19. The van der Waals surface area contributed by atoms with Gasteiger partial charge < -0.3 is 15.1 Å². The van der Waals surface area contributed by atoms with E-state index >= 15 is 0 Å². The fourth-order valence-electron chi connectivity index (χ4n) is 2.61. The Balaban J connectivity index is 1.94. The molecule has 8 heteroatoms. The quantitative estimate of drug-likeness (QED) is 0.819. The van der Waals surface area contributed by atoms with E-state index in [-0.39, 0.29) is 24.5 Å². The Kier molecular flexibility index (Phi) is 6.71. The number of nitrogens with zero attached hydrogens (tertiary/aromatic N) is 5. The summed E-state index contributed by atoms with van der Waals surface area (Å²) in [5, 5.41) is 6.78. The maximum Gasteiger partial charge on any atom is 0.318 e. The van der Waals surface area contributed by atoms with Gasteiger partial charge in [0.25, 0.3) is 0 Å². The number of rotatable bonds is 7. The molecule has 8 nitrogen and oxygen atoms in total. The molecule has 0 aliphatic carbocycles. The van der Waals surface area contributed by atoms with E-state index in [1.165, 1.54) is 6.33 Å². The summed E-state index contributed by atoms with van der Waals surface area (Å²) in [6.45, 7) is 7.05.